The van der Waals surface area contributed by atoms with Crippen LogP contribution in [0.1, 0.15) is 38.5 Å². The number of amides is 1. The molecule has 4 nitrogen and oxygen atoms in total. The molecule has 98 valence electrons. The van der Waals surface area contributed by atoms with E-state index in [9.17, 15) is 4.79 Å². The van der Waals surface area contributed by atoms with Gasteiger partial charge in [-0.2, -0.15) is 0 Å². The summed E-state index contributed by atoms with van der Waals surface area (Å²) in [5.41, 5.74) is 5.16. The third-order valence-corrected chi connectivity index (χ3v) is 3.81. The van der Waals surface area contributed by atoms with E-state index in [1.165, 1.54) is 0 Å². The fraction of sp³-hybridized carbons (Fsp3) is 0.833. The molecule has 3 N–H and O–H groups in total. The predicted octanol–water partition coefficient (Wildman–Crippen LogP) is 1.38. The molecule has 1 amide bonds. The maximum Gasteiger partial charge on any atom is 0.233 e. The number of ether oxygens (including phenoxy) is 1. The number of carbonyl (C=O) groups excluding carboxylic acids is 1. The van der Waals surface area contributed by atoms with Crippen LogP contribution in [0.2, 0.25) is 0 Å². The highest BCUT2D eigenvalue weighted by Gasteiger charge is 2.43. The molecule has 1 aliphatic rings. The normalized spacial score (nSPS) is 17.9. The van der Waals surface area contributed by atoms with Crippen LogP contribution in [0.15, 0.2) is 0 Å². The minimum atomic E-state index is -0.573. The third-order valence-electron chi connectivity index (χ3n) is 3.42. The minimum Gasteiger partial charge on any atom is -0.392 e. The molecular weight excluding hydrogens is 236 g/mol. The molecule has 0 atom stereocenters. The molecule has 0 heterocycles. The Balaban J connectivity index is 2.37. The lowest BCUT2D eigenvalue weighted by Crippen LogP contribution is -2.47. The first-order valence-electron chi connectivity index (χ1n) is 6.20. The van der Waals surface area contributed by atoms with Crippen molar-refractivity contribution in [2.24, 2.45) is 11.1 Å². The Bertz CT molecular complexity index is 276. The van der Waals surface area contributed by atoms with Gasteiger partial charge in [0.1, 0.15) is 0 Å². The fourth-order valence-electron chi connectivity index (χ4n) is 2.31. The summed E-state index contributed by atoms with van der Waals surface area (Å²) in [7, 11) is 1.68. The summed E-state index contributed by atoms with van der Waals surface area (Å²) in [6.45, 7) is 1.41. The Labute approximate surface area is 108 Å². The smallest absolute Gasteiger partial charge is 0.233 e. The zero-order chi connectivity index (χ0) is 12.7. The molecule has 1 rings (SSSR count). The number of rotatable bonds is 7. The van der Waals surface area contributed by atoms with Crippen LogP contribution in [-0.4, -0.2) is 31.2 Å². The van der Waals surface area contributed by atoms with Crippen molar-refractivity contribution in [1.82, 2.24) is 5.32 Å². The first-order chi connectivity index (χ1) is 8.13. The Morgan fingerprint density at radius 3 is 2.59 bits per heavy atom. The van der Waals surface area contributed by atoms with Gasteiger partial charge in [-0.15, -0.1) is 0 Å². The lowest BCUT2D eigenvalue weighted by atomic mass is 9.85. The first kappa shape index (κ1) is 14.4. The second kappa shape index (κ2) is 6.91. The van der Waals surface area contributed by atoms with Crippen LogP contribution in [0, 0.1) is 5.41 Å². The molecule has 0 aromatic rings. The van der Waals surface area contributed by atoms with Crippen molar-refractivity contribution in [2.75, 3.05) is 20.3 Å². The van der Waals surface area contributed by atoms with Gasteiger partial charge in [0.2, 0.25) is 5.91 Å². The molecule has 0 aliphatic heterocycles. The molecule has 0 spiro atoms. The molecule has 0 aromatic carbocycles. The number of methoxy groups -OCH3 is 1. The van der Waals surface area contributed by atoms with Crippen molar-refractivity contribution >= 4 is 23.1 Å². The average molecular weight is 258 g/mol. The number of thiocarbonyl (C=S) groups is 1. The number of nitrogens with two attached hydrogens (primary N) is 1. The Kier molecular flexibility index (Phi) is 5.85. The average Bonchev–Trinajstić information content (AvgIpc) is 2.79. The zero-order valence-corrected chi connectivity index (χ0v) is 11.3. The molecule has 1 fully saturated rings. The molecule has 1 saturated carbocycles. The largest absolute Gasteiger partial charge is 0.392 e. The maximum atomic E-state index is 12.1. The Morgan fingerprint density at radius 2 is 2.06 bits per heavy atom. The van der Waals surface area contributed by atoms with E-state index in [0.29, 0.717) is 11.5 Å². The van der Waals surface area contributed by atoms with Crippen LogP contribution in [0.3, 0.4) is 0 Å². The van der Waals surface area contributed by atoms with E-state index in [1.54, 1.807) is 7.11 Å². The third kappa shape index (κ3) is 3.64. The number of hydrogen-bond donors (Lipinski definition) is 2. The molecule has 0 unspecified atom stereocenters. The van der Waals surface area contributed by atoms with Gasteiger partial charge in [0.25, 0.3) is 0 Å². The van der Waals surface area contributed by atoms with Gasteiger partial charge in [-0.25, -0.2) is 0 Å². The van der Waals surface area contributed by atoms with Gasteiger partial charge in [-0.3, -0.25) is 4.79 Å². The summed E-state index contributed by atoms with van der Waals surface area (Å²) in [6.07, 6.45) is 5.55. The van der Waals surface area contributed by atoms with Crippen LogP contribution in [0.4, 0.5) is 0 Å². The fourth-order valence-corrected chi connectivity index (χ4v) is 2.60. The molecule has 0 bridgehead atoms. The van der Waals surface area contributed by atoms with Gasteiger partial charge < -0.3 is 15.8 Å². The lowest BCUT2D eigenvalue weighted by Gasteiger charge is -2.26. The van der Waals surface area contributed by atoms with E-state index in [1.807, 2.05) is 0 Å². The lowest BCUT2D eigenvalue weighted by molar-refractivity contribution is -0.127. The van der Waals surface area contributed by atoms with Crippen molar-refractivity contribution in [3.05, 3.63) is 0 Å². The first-order valence-corrected chi connectivity index (χ1v) is 6.61. The number of unbranched alkanes of at least 4 members (excludes halogenated alkanes) is 1. The topological polar surface area (TPSA) is 64.3 Å². The summed E-state index contributed by atoms with van der Waals surface area (Å²) in [5, 5.41) is 2.94. The SMILES string of the molecule is COCCCCNC(=O)C1(C(N)=S)CCCC1. The van der Waals surface area contributed by atoms with Crippen LogP contribution in [0.5, 0.6) is 0 Å². The van der Waals surface area contributed by atoms with Gasteiger partial charge >= 0.3 is 0 Å². The van der Waals surface area contributed by atoms with Gasteiger partial charge in [-0.1, -0.05) is 25.1 Å². The highest BCUT2D eigenvalue weighted by atomic mass is 32.1. The number of nitrogens with one attached hydrogen (secondary N) is 1. The number of hydrogen-bond acceptors (Lipinski definition) is 3. The maximum absolute atomic E-state index is 12.1. The number of carbonyl (C=O) groups is 1. The van der Waals surface area contributed by atoms with E-state index in [4.69, 9.17) is 22.7 Å². The van der Waals surface area contributed by atoms with E-state index >= 15 is 0 Å². The molecule has 17 heavy (non-hydrogen) atoms. The van der Waals surface area contributed by atoms with Crippen LogP contribution < -0.4 is 11.1 Å². The highest BCUT2D eigenvalue weighted by Crippen LogP contribution is 2.38. The summed E-state index contributed by atoms with van der Waals surface area (Å²) >= 11 is 5.06. The van der Waals surface area contributed by atoms with Gasteiger partial charge in [0.05, 0.1) is 10.4 Å². The molecule has 1 aliphatic carbocycles. The molecule has 5 heteroatoms. The van der Waals surface area contributed by atoms with Crippen molar-refractivity contribution in [1.29, 1.82) is 0 Å². The van der Waals surface area contributed by atoms with Gasteiger partial charge in [0, 0.05) is 20.3 Å². The van der Waals surface area contributed by atoms with Gasteiger partial charge in [-0.05, 0) is 25.7 Å². The van der Waals surface area contributed by atoms with Crippen molar-refractivity contribution in [2.45, 2.75) is 38.5 Å². The summed E-state index contributed by atoms with van der Waals surface area (Å²) in [6, 6.07) is 0. The van der Waals surface area contributed by atoms with Gasteiger partial charge in [0.15, 0.2) is 0 Å². The standard InChI is InChI=1S/C12H22N2O2S/c1-16-9-5-4-8-14-11(15)12(10(13)17)6-2-3-7-12/h2-9H2,1H3,(H2,13,17)(H,14,15). The molecular formula is C12H22N2O2S. The summed E-state index contributed by atoms with van der Waals surface area (Å²) in [4.78, 5) is 12.5. The summed E-state index contributed by atoms with van der Waals surface area (Å²) in [5.74, 6) is 0.0138. The van der Waals surface area contributed by atoms with E-state index in [-0.39, 0.29) is 5.91 Å². The van der Waals surface area contributed by atoms with Crippen LogP contribution in [-0.2, 0) is 9.53 Å². The van der Waals surface area contributed by atoms with Crippen molar-refractivity contribution < 1.29 is 9.53 Å². The van der Waals surface area contributed by atoms with E-state index < -0.39 is 5.41 Å². The Hall–Kier alpha value is -0.680. The quantitative estimate of drug-likeness (QED) is 0.535. The van der Waals surface area contributed by atoms with E-state index in [0.717, 1.165) is 45.1 Å². The molecule has 0 radical (unpaired) electrons. The second-order valence-corrected chi connectivity index (χ2v) is 5.05. The Morgan fingerprint density at radius 1 is 1.41 bits per heavy atom. The second-order valence-electron chi connectivity index (χ2n) is 4.61. The van der Waals surface area contributed by atoms with Crippen molar-refractivity contribution in [3.8, 4) is 0 Å². The predicted molar refractivity (Wildman–Crippen MR) is 71.8 cm³/mol. The van der Waals surface area contributed by atoms with Crippen molar-refractivity contribution in [3.63, 3.8) is 0 Å². The summed E-state index contributed by atoms with van der Waals surface area (Å²) < 4.78 is 4.95. The zero-order valence-electron chi connectivity index (χ0n) is 10.5. The van der Waals surface area contributed by atoms with Crippen LogP contribution in [0.25, 0.3) is 0 Å². The van der Waals surface area contributed by atoms with Crippen LogP contribution >= 0.6 is 12.2 Å². The van der Waals surface area contributed by atoms with E-state index in [2.05, 4.69) is 5.32 Å². The molecule has 0 saturated heterocycles. The highest BCUT2D eigenvalue weighted by molar-refractivity contribution is 7.80. The monoisotopic (exact) mass is 258 g/mol. The molecule has 0 aromatic heterocycles. The minimum absolute atomic E-state index is 0.0138.